The molecule has 6 heteroatoms. The smallest absolute Gasteiger partial charge is 0.223 e. The van der Waals surface area contributed by atoms with Crippen molar-refractivity contribution in [1.29, 1.82) is 0 Å². The number of H-pyrrole nitrogens is 1. The third kappa shape index (κ3) is 2.02. The van der Waals surface area contributed by atoms with Crippen LogP contribution in [0, 0.1) is 0 Å². The molecule has 0 aliphatic heterocycles. The highest BCUT2D eigenvalue weighted by atomic mass is 32.2. The molecule has 0 aliphatic rings. The molecule has 72 valence electrons. The standard InChI is InChI=1S/C8H9N5S/c1-9-7-10-3-2-6(13-7)14-8-11-4-5-12-8/h2-5H,1H3,(H,11,12)(H,9,10,13). The average molecular weight is 207 g/mol. The Labute approximate surface area is 85.4 Å². The summed E-state index contributed by atoms with van der Waals surface area (Å²) in [6.45, 7) is 0. The fraction of sp³-hybridized carbons (Fsp3) is 0.125. The minimum absolute atomic E-state index is 0.613. The number of anilines is 1. The minimum atomic E-state index is 0.613. The normalized spacial score (nSPS) is 10.1. The fourth-order valence-corrected chi connectivity index (χ4v) is 1.62. The maximum absolute atomic E-state index is 4.25. The molecular weight excluding hydrogens is 198 g/mol. The summed E-state index contributed by atoms with van der Waals surface area (Å²) in [6.07, 6.45) is 5.20. The highest BCUT2D eigenvalue weighted by molar-refractivity contribution is 7.99. The van der Waals surface area contributed by atoms with Crippen LogP contribution in [0.3, 0.4) is 0 Å². The summed E-state index contributed by atoms with van der Waals surface area (Å²) in [6, 6.07) is 1.84. The number of aromatic nitrogens is 4. The lowest BCUT2D eigenvalue weighted by Crippen LogP contribution is -1.95. The van der Waals surface area contributed by atoms with Crippen LogP contribution in [-0.4, -0.2) is 27.0 Å². The molecule has 0 atom stereocenters. The first-order valence-corrected chi connectivity index (χ1v) is 4.88. The Bertz CT molecular complexity index is 400. The van der Waals surface area contributed by atoms with Crippen molar-refractivity contribution in [1.82, 2.24) is 19.9 Å². The first kappa shape index (κ1) is 9.01. The predicted octanol–water partition coefficient (Wildman–Crippen LogP) is 1.39. The van der Waals surface area contributed by atoms with Gasteiger partial charge < -0.3 is 10.3 Å². The molecule has 2 rings (SSSR count). The number of aromatic amines is 1. The van der Waals surface area contributed by atoms with E-state index in [2.05, 4.69) is 25.3 Å². The zero-order valence-electron chi connectivity index (χ0n) is 7.56. The quantitative estimate of drug-likeness (QED) is 0.744. The van der Waals surface area contributed by atoms with E-state index in [1.54, 1.807) is 25.6 Å². The molecule has 0 aliphatic carbocycles. The van der Waals surface area contributed by atoms with E-state index in [9.17, 15) is 0 Å². The number of rotatable bonds is 3. The number of hydrogen-bond donors (Lipinski definition) is 2. The van der Waals surface area contributed by atoms with Crippen LogP contribution in [0.4, 0.5) is 5.95 Å². The third-order valence-electron chi connectivity index (χ3n) is 1.53. The van der Waals surface area contributed by atoms with Gasteiger partial charge in [-0.2, -0.15) is 0 Å². The van der Waals surface area contributed by atoms with Gasteiger partial charge >= 0.3 is 0 Å². The lowest BCUT2D eigenvalue weighted by Gasteiger charge is -1.99. The second-order valence-electron chi connectivity index (χ2n) is 2.46. The van der Waals surface area contributed by atoms with Crippen LogP contribution in [0.2, 0.25) is 0 Å². The Morgan fingerprint density at radius 1 is 1.36 bits per heavy atom. The monoisotopic (exact) mass is 207 g/mol. The zero-order valence-corrected chi connectivity index (χ0v) is 8.38. The Morgan fingerprint density at radius 3 is 3.00 bits per heavy atom. The van der Waals surface area contributed by atoms with Crippen molar-refractivity contribution >= 4 is 17.7 Å². The average Bonchev–Trinajstić information content (AvgIpc) is 2.71. The number of nitrogens with zero attached hydrogens (tertiary/aromatic N) is 3. The highest BCUT2D eigenvalue weighted by Crippen LogP contribution is 2.22. The highest BCUT2D eigenvalue weighted by Gasteiger charge is 2.01. The molecule has 0 fully saturated rings. The van der Waals surface area contributed by atoms with Gasteiger partial charge in [-0.25, -0.2) is 15.0 Å². The van der Waals surface area contributed by atoms with Crippen LogP contribution >= 0.6 is 11.8 Å². The van der Waals surface area contributed by atoms with Gasteiger partial charge in [0.1, 0.15) is 5.03 Å². The van der Waals surface area contributed by atoms with E-state index in [0.717, 1.165) is 10.2 Å². The van der Waals surface area contributed by atoms with Crippen LogP contribution in [0.5, 0.6) is 0 Å². The molecule has 2 heterocycles. The largest absolute Gasteiger partial charge is 0.357 e. The second-order valence-corrected chi connectivity index (χ2v) is 3.47. The van der Waals surface area contributed by atoms with Crippen molar-refractivity contribution in [2.45, 2.75) is 10.2 Å². The molecule has 0 amide bonds. The summed E-state index contributed by atoms with van der Waals surface area (Å²) < 4.78 is 0. The van der Waals surface area contributed by atoms with Crippen LogP contribution in [0.1, 0.15) is 0 Å². The summed E-state index contributed by atoms with van der Waals surface area (Å²) in [5.74, 6) is 0.613. The molecule has 2 aromatic heterocycles. The Morgan fingerprint density at radius 2 is 2.29 bits per heavy atom. The maximum atomic E-state index is 4.25. The van der Waals surface area contributed by atoms with Crippen LogP contribution in [0.15, 0.2) is 34.8 Å². The molecule has 0 spiro atoms. The molecule has 0 bridgehead atoms. The van der Waals surface area contributed by atoms with E-state index in [1.165, 1.54) is 11.8 Å². The lowest BCUT2D eigenvalue weighted by molar-refractivity contribution is 1.02. The van der Waals surface area contributed by atoms with Crippen LogP contribution < -0.4 is 5.32 Å². The molecule has 14 heavy (non-hydrogen) atoms. The summed E-state index contributed by atoms with van der Waals surface area (Å²) >= 11 is 1.47. The van der Waals surface area contributed by atoms with Gasteiger partial charge in [0.2, 0.25) is 5.95 Å². The van der Waals surface area contributed by atoms with E-state index in [0.29, 0.717) is 5.95 Å². The molecule has 2 N–H and O–H groups in total. The minimum Gasteiger partial charge on any atom is -0.357 e. The fourth-order valence-electron chi connectivity index (χ4n) is 0.925. The maximum Gasteiger partial charge on any atom is 0.223 e. The van der Waals surface area contributed by atoms with E-state index >= 15 is 0 Å². The Balaban J connectivity index is 2.17. The first-order valence-electron chi connectivity index (χ1n) is 4.06. The Hall–Kier alpha value is -1.56. The molecule has 0 radical (unpaired) electrons. The molecule has 0 unspecified atom stereocenters. The summed E-state index contributed by atoms with van der Waals surface area (Å²) in [5, 5.41) is 4.57. The number of imidazole rings is 1. The van der Waals surface area contributed by atoms with Gasteiger partial charge in [0, 0.05) is 25.6 Å². The van der Waals surface area contributed by atoms with Crippen molar-refractivity contribution in [3.8, 4) is 0 Å². The predicted molar refractivity (Wildman–Crippen MR) is 54.3 cm³/mol. The van der Waals surface area contributed by atoms with Gasteiger partial charge in [-0.3, -0.25) is 0 Å². The second kappa shape index (κ2) is 4.10. The van der Waals surface area contributed by atoms with Crippen LogP contribution in [-0.2, 0) is 0 Å². The van der Waals surface area contributed by atoms with Crippen molar-refractivity contribution in [2.24, 2.45) is 0 Å². The number of hydrogen-bond acceptors (Lipinski definition) is 5. The summed E-state index contributed by atoms with van der Waals surface area (Å²) in [5.41, 5.74) is 0. The van der Waals surface area contributed by atoms with Crippen molar-refractivity contribution in [3.05, 3.63) is 24.7 Å². The molecular formula is C8H9N5S. The summed E-state index contributed by atoms with van der Waals surface area (Å²) in [4.78, 5) is 15.4. The topological polar surface area (TPSA) is 66.5 Å². The molecule has 0 aromatic carbocycles. The van der Waals surface area contributed by atoms with Gasteiger partial charge in [-0.15, -0.1) is 0 Å². The first-order chi connectivity index (χ1) is 6.88. The lowest BCUT2D eigenvalue weighted by atomic mass is 10.7. The summed E-state index contributed by atoms with van der Waals surface area (Å²) in [7, 11) is 1.79. The van der Waals surface area contributed by atoms with Crippen molar-refractivity contribution < 1.29 is 0 Å². The van der Waals surface area contributed by atoms with Gasteiger partial charge in [0.05, 0.1) is 0 Å². The zero-order chi connectivity index (χ0) is 9.80. The van der Waals surface area contributed by atoms with E-state index in [-0.39, 0.29) is 0 Å². The van der Waals surface area contributed by atoms with Gasteiger partial charge in [0.25, 0.3) is 0 Å². The van der Waals surface area contributed by atoms with Gasteiger partial charge in [-0.1, -0.05) is 0 Å². The molecule has 0 saturated carbocycles. The SMILES string of the molecule is CNc1nccc(Sc2ncc[nH]2)n1. The van der Waals surface area contributed by atoms with Gasteiger partial charge in [-0.05, 0) is 17.8 Å². The van der Waals surface area contributed by atoms with E-state index < -0.39 is 0 Å². The number of nitrogens with one attached hydrogen (secondary N) is 2. The Kier molecular flexibility index (Phi) is 2.64. The van der Waals surface area contributed by atoms with Crippen LogP contribution in [0.25, 0.3) is 0 Å². The van der Waals surface area contributed by atoms with Gasteiger partial charge in [0.15, 0.2) is 5.16 Å². The van der Waals surface area contributed by atoms with E-state index in [4.69, 9.17) is 0 Å². The van der Waals surface area contributed by atoms with E-state index in [1.807, 2.05) is 6.07 Å². The molecule has 0 saturated heterocycles. The van der Waals surface area contributed by atoms with Crippen molar-refractivity contribution in [2.75, 3.05) is 12.4 Å². The molecule has 5 nitrogen and oxygen atoms in total. The molecule has 2 aromatic rings. The van der Waals surface area contributed by atoms with Crippen molar-refractivity contribution in [3.63, 3.8) is 0 Å². The third-order valence-corrected chi connectivity index (χ3v) is 2.38.